The molecule has 0 aliphatic rings. The van der Waals surface area contributed by atoms with Gasteiger partial charge in [-0.1, -0.05) is 49.4 Å². The van der Waals surface area contributed by atoms with Crippen LogP contribution in [0.15, 0.2) is 83.8 Å². The number of sulfonamides is 1. The van der Waals surface area contributed by atoms with E-state index in [4.69, 9.17) is 9.47 Å². The van der Waals surface area contributed by atoms with Crippen LogP contribution >= 0.6 is 0 Å². The Morgan fingerprint density at radius 2 is 1.57 bits per heavy atom. The van der Waals surface area contributed by atoms with E-state index >= 15 is 0 Å². The van der Waals surface area contributed by atoms with Gasteiger partial charge in [-0.3, -0.25) is 13.9 Å². The van der Waals surface area contributed by atoms with Crippen LogP contribution in [0.4, 0.5) is 5.69 Å². The van der Waals surface area contributed by atoms with Crippen LogP contribution in [0.25, 0.3) is 0 Å². The highest BCUT2D eigenvalue weighted by atomic mass is 32.2. The van der Waals surface area contributed by atoms with Crippen molar-refractivity contribution in [1.82, 2.24) is 10.2 Å². The molecule has 0 aliphatic carbocycles. The topological polar surface area (TPSA) is 105 Å². The predicted octanol–water partition coefficient (Wildman–Crippen LogP) is 4.23. The maximum Gasteiger partial charge on any atom is 0.264 e. The smallest absolute Gasteiger partial charge is 0.264 e. The van der Waals surface area contributed by atoms with Crippen molar-refractivity contribution < 1.29 is 27.5 Å². The number of hydrogen-bond donors (Lipinski definition) is 1. The Bertz CT molecular complexity index is 1360. The molecule has 0 heterocycles. The number of nitrogens with one attached hydrogen (secondary N) is 1. The quantitative estimate of drug-likeness (QED) is 0.313. The zero-order valence-corrected chi connectivity index (χ0v) is 24.2. The molecule has 2 amide bonds. The number of methoxy groups -OCH3 is 1. The largest absolute Gasteiger partial charge is 0.497 e. The number of benzene rings is 3. The van der Waals surface area contributed by atoms with Gasteiger partial charge in [-0.25, -0.2) is 8.42 Å². The molecule has 214 valence electrons. The van der Waals surface area contributed by atoms with Gasteiger partial charge in [-0.15, -0.1) is 0 Å². The third-order valence-electron chi connectivity index (χ3n) is 6.27. The van der Waals surface area contributed by atoms with Crippen molar-refractivity contribution in [3.05, 3.63) is 84.4 Å². The summed E-state index contributed by atoms with van der Waals surface area (Å²) in [6, 6.07) is 20.9. The monoisotopic (exact) mass is 567 g/mol. The van der Waals surface area contributed by atoms with Crippen LogP contribution in [-0.4, -0.2) is 58.0 Å². The average molecular weight is 568 g/mol. The molecular weight excluding hydrogens is 530 g/mol. The fourth-order valence-electron chi connectivity index (χ4n) is 4.08. The van der Waals surface area contributed by atoms with E-state index in [9.17, 15) is 18.0 Å². The molecule has 1 atom stereocenters. The summed E-state index contributed by atoms with van der Waals surface area (Å²) in [6.07, 6.45) is 0.738. The molecule has 0 spiro atoms. The molecule has 10 heteroatoms. The average Bonchev–Trinajstić information content (AvgIpc) is 2.98. The molecule has 0 fully saturated rings. The molecule has 40 heavy (non-hydrogen) atoms. The molecule has 1 N–H and O–H groups in total. The van der Waals surface area contributed by atoms with Crippen LogP contribution in [0.3, 0.4) is 0 Å². The number of ether oxygens (including phenoxy) is 2. The lowest BCUT2D eigenvalue weighted by atomic mass is 10.1. The molecule has 3 rings (SSSR count). The van der Waals surface area contributed by atoms with Crippen molar-refractivity contribution in [2.75, 3.05) is 31.1 Å². The van der Waals surface area contributed by atoms with E-state index in [1.807, 2.05) is 6.92 Å². The molecule has 3 aromatic rings. The molecule has 0 saturated heterocycles. The summed E-state index contributed by atoms with van der Waals surface area (Å²) in [5, 5.41) is 2.83. The number of para-hydroxylation sites is 2. The summed E-state index contributed by atoms with van der Waals surface area (Å²) in [7, 11) is -2.61. The second-order valence-corrected chi connectivity index (χ2v) is 10.9. The lowest BCUT2D eigenvalue weighted by Gasteiger charge is -2.32. The minimum absolute atomic E-state index is 0.0320. The van der Waals surface area contributed by atoms with Gasteiger partial charge in [0.1, 0.15) is 24.1 Å². The van der Waals surface area contributed by atoms with Gasteiger partial charge in [0.05, 0.1) is 24.3 Å². The van der Waals surface area contributed by atoms with Crippen LogP contribution in [0.1, 0.15) is 32.8 Å². The first-order chi connectivity index (χ1) is 19.2. The number of rotatable bonds is 14. The fourth-order valence-corrected chi connectivity index (χ4v) is 5.53. The van der Waals surface area contributed by atoms with Crippen LogP contribution in [0.5, 0.6) is 11.5 Å². The van der Waals surface area contributed by atoms with E-state index < -0.39 is 28.5 Å². The van der Waals surface area contributed by atoms with Gasteiger partial charge in [-0.2, -0.15) is 0 Å². The highest BCUT2D eigenvalue weighted by Crippen LogP contribution is 2.33. The summed E-state index contributed by atoms with van der Waals surface area (Å²) < 4.78 is 39.9. The van der Waals surface area contributed by atoms with Crippen molar-refractivity contribution >= 4 is 27.5 Å². The first-order valence-corrected chi connectivity index (χ1v) is 14.7. The molecule has 0 aromatic heterocycles. The zero-order chi connectivity index (χ0) is 29.1. The molecule has 0 aliphatic heterocycles. The molecule has 9 nitrogen and oxygen atoms in total. The van der Waals surface area contributed by atoms with Gasteiger partial charge in [0, 0.05) is 13.1 Å². The summed E-state index contributed by atoms with van der Waals surface area (Å²) >= 11 is 0. The molecular formula is C30H37N3O6S. The number of nitrogens with zero attached hydrogens (tertiary/aromatic N) is 2. The Morgan fingerprint density at radius 3 is 2.20 bits per heavy atom. The summed E-state index contributed by atoms with van der Waals surface area (Å²) in [5.41, 5.74) is 0.991. The van der Waals surface area contributed by atoms with Gasteiger partial charge in [0.15, 0.2) is 0 Å². The molecule has 0 saturated carbocycles. The minimum Gasteiger partial charge on any atom is -0.497 e. The number of hydrogen-bond acceptors (Lipinski definition) is 6. The van der Waals surface area contributed by atoms with E-state index in [-0.39, 0.29) is 23.0 Å². The van der Waals surface area contributed by atoms with E-state index in [1.165, 1.54) is 17.0 Å². The van der Waals surface area contributed by atoms with Crippen molar-refractivity contribution in [2.24, 2.45) is 0 Å². The van der Waals surface area contributed by atoms with Gasteiger partial charge < -0.3 is 19.7 Å². The first kappa shape index (κ1) is 30.5. The first-order valence-electron chi connectivity index (χ1n) is 13.2. The Kier molecular flexibility index (Phi) is 11.0. The summed E-state index contributed by atoms with van der Waals surface area (Å²) in [6.45, 7) is 5.69. The van der Waals surface area contributed by atoms with Crippen molar-refractivity contribution in [3.8, 4) is 11.5 Å². The van der Waals surface area contributed by atoms with E-state index in [0.717, 1.165) is 16.3 Å². The van der Waals surface area contributed by atoms with Gasteiger partial charge >= 0.3 is 0 Å². The maximum absolute atomic E-state index is 14.0. The van der Waals surface area contributed by atoms with Gasteiger partial charge in [-0.05, 0) is 62.2 Å². The number of anilines is 1. The minimum atomic E-state index is -4.18. The number of carbonyl (C=O) groups excluding carboxylic acids is 2. The third kappa shape index (κ3) is 7.53. The Hall–Kier alpha value is -4.05. The van der Waals surface area contributed by atoms with Gasteiger partial charge in [0.25, 0.3) is 10.0 Å². The highest BCUT2D eigenvalue weighted by Gasteiger charge is 2.33. The van der Waals surface area contributed by atoms with Crippen LogP contribution in [-0.2, 0) is 26.2 Å². The normalized spacial score (nSPS) is 11.8. The van der Waals surface area contributed by atoms with E-state index in [2.05, 4.69) is 5.32 Å². The Morgan fingerprint density at radius 1 is 0.925 bits per heavy atom. The molecule has 0 unspecified atom stereocenters. The molecule has 3 aromatic carbocycles. The third-order valence-corrected chi connectivity index (χ3v) is 8.05. The molecule has 0 bridgehead atoms. The second kappa shape index (κ2) is 14.4. The second-order valence-electron chi connectivity index (χ2n) is 9.06. The molecule has 0 radical (unpaired) electrons. The Labute approximate surface area is 236 Å². The Balaban J connectivity index is 2.04. The summed E-state index contributed by atoms with van der Waals surface area (Å²) in [4.78, 5) is 28.4. The van der Waals surface area contributed by atoms with Gasteiger partial charge in [0.2, 0.25) is 11.8 Å². The van der Waals surface area contributed by atoms with Crippen molar-refractivity contribution in [3.63, 3.8) is 0 Å². The van der Waals surface area contributed by atoms with Crippen LogP contribution in [0, 0.1) is 0 Å². The highest BCUT2D eigenvalue weighted by molar-refractivity contribution is 7.92. The fraction of sp³-hybridized carbons (Fsp3) is 0.333. The lowest BCUT2D eigenvalue weighted by molar-refractivity contribution is -0.139. The van der Waals surface area contributed by atoms with Crippen LogP contribution in [0.2, 0.25) is 0 Å². The SMILES string of the molecule is CCCNC(=O)[C@@H](C)N(Cc1ccc(OC)cc1)C(=O)CN(c1ccccc1OCC)S(=O)(=O)c1ccccc1. The number of amides is 2. The predicted molar refractivity (Wildman–Crippen MR) is 155 cm³/mol. The van der Waals surface area contributed by atoms with E-state index in [0.29, 0.717) is 24.7 Å². The van der Waals surface area contributed by atoms with Crippen LogP contribution < -0.4 is 19.1 Å². The zero-order valence-electron chi connectivity index (χ0n) is 23.4. The maximum atomic E-state index is 14.0. The van der Waals surface area contributed by atoms with Crippen molar-refractivity contribution in [2.45, 2.75) is 44.7 Å². The standard InChI is InChI=1S/C30H37N3O6S/c1-5-20-31-30(35)23(3)32(21-24-16-18-25(38-4)19-17-24)29(34)22-33(27-14-10-11-15-28(27)39-6-2)40(36,37)26-12-8-7-9-13-26/h7-19,23H,5-6,20-22H2,1-4H3,(H,31,35)/t23-/m1/s1. The number of carbonyl (C=O) groups is 2. The van der Waals surface area contributed by atoms with E-state index in [1.54, 1.807) is 87.7 Å². The summed E-state index contributed by atoms with van der Waals surface area (Å²) in [5.74, 6) is 0.118. The lowest BCUT2D eigenvalue weighted by Crippen LogP contribution is -2.51. The van der Waals surface area contributed by atoms with Crippen molar-refractivity contribution in [1.29, 1.82) is 0 Å².